The highest BCUT2D eigenvalue weighted by Crippen LogP contribution is 2.34. The zero-order valence-corrected chi connectivity index (χ0v) is 18.2. The average Bonchev–Trinajstić information content (AvgIpc) is 3.45. The minimum absolute atomic E-state index is 0.0331. The molecule has 0 bridgehead atoms. The number of methoxy groups -OCH3 is 1. The summed E-state index contributed by atoms with van der Waals surface area (Å²) in [6, 6.07) is 13.5. The fraction of sp³-hybridized carbons (Fsp3) is 0.417. The highest BCUT2D eigenvalue weighted by atomic mass is 16.7. The van der Waals surface area contributed by atoms with Crippen LogP contribution in [0.2, 0.25) is 0 Å². The van der Waals surface area contributed by atoms with Crippen LogP contribution in [0.3, 0.4) is 0 Å². The second-order valence-corrected chi connectivity index (χ2v) is 8.37. The zero-order valence-electron chi connectivity index (χ0n) is 18.2. The van der Waals surface area contributed by atoms with Crippen LogP contribution in [0.5, 0.6) is 17.2 Å². The summed E-state index contributed by atoms with van der Waals surface area (Å²) in [5.41, 5.74) is 1.90. The first kappa shape index (κ1) is 20.6. The van der Waals surface area contributed by atoms with Gasteiger partial charge < -0.3 is 24.0 Å². The number of piperazine rings is 1. The lowest BCUT2D eigenvalue weighted by Crippen LogP contribution is -2.50. The third-order valence-electron chi connectivity index (χ3n) is 6.38. The van der Waals surface area contributed by atoms with Gasteiger partial charge >= 0.3 is 0 Å². The molecule has 168 valence electrons. The number of nitrogens with zero attached hydrogens (tertiary/aromatic N) is 3. The molecule has 5 rings (SSSR count). The molecule has 2 fully saturated rings. The van der Waals surface area contributed by atoms with E-state index in [1.807, 2.05) is 41.3 Å². The number of fused-ring (bicyclic) bond motifs is 1. The maximum absolute atomic E-state index is 13.1. The first-order chi connectivity index (χ1) is 15.6. The number of rotatable bonds is 5. The van der Waals surface area contributed by atoms with Crippen molar-refractivity contribution in [3.05, 3.63) is 48.0 Å². The van der Waals surface area contributed by atoms with E-state index in [1.54, 1.807) is 12.0 Å². The van der Waals surface area contributed by atoms with Gasteiger partial charge in [0.1, 0.15) is 5.75 Å². The minimum atomic E-state index is -0.312. The van der Waals surface area contributed by atoms with Gasteiger partial charge in [-0.2, -0.15) is 0 Å². The number of hydrogen-bond acceptors (Lipinski definition) is 6. The number of benzene rings is 2. The molecule has 0 radical (unpaired) electrons. The number of ether oxygens (including phenoxy) is 3. The van der Waals surface area contributed by atoms with Crippen molar-refractivity contribution >= 4 is 17.5 Å². The molecule has 3 aliphatic rings. The van der Waals surface area contributed by atoms with E-state index >= 15 is 0 Å². The van der Waals surface area contributed by atoms with E-state index in [9.17, 15) is 9.59 Å². The molecule has 1 atom stereocenters. The van der Waals surface area contributed by atoms with Crippen LogP contribution >= 0.6 is 0 Å². The lowest BCUT2D eigenvalue weighted by atomic mass is 10.1. The van der Waals surface area contributed by atoms with Crippen molar-refractivity contribution in [2.24, 2.45) is 5.92 Å². The molecule has 0 saturated carbocycles. The van der Waals surface area contributed by atoms with Gasteiger partial charge in [0, 0.05) is 45.7 Å². The fourth-order valence-electron chi connectivity index (χ4n) is 4.64. The van der Waals surface area contributed by atoms with Crippen LogP contribution in [0.1, 0.15) is 12.0 Å². The Morgan fingerprint density at radius 3 is 2.66 bits per heavy atom. The molecule has 2 amide bonds. The van der Waals surface area contributed by atoms with E-state index in [2.05, 4.69) is 11.0 Å². The van der Waals surface area contributed by atoms with Crippen LogP contribution in [0, 0.1) is 5.92 Å². The smallest absolute Gasteiger partial charge is 0.231 e. The molecule has 3 heterocycles. The van der Waals surface area contributed by atoms with Gasteiger partial charge in [-0.1, -0.05) is 18.2 Å². The van der Waals surface area contributed by atoms with Gasteiger partial charge in [-0.05, 0) is 29.8 Å². The molecule has 32 heavy (non-hydrogen) atoms. The maximum atomic E-state index is 13.1. The lowest BCUT2D eigenvalue weighted by Gasteiger charge is -2.36. The number of carbonyl (C=O) groups is 2. The van der Waals surface area contributed by atoms with Crippen LogP contribution in [-0.2, 0) is 16.1 Å². The second-order valence-electron chi connectivity index (χ2n) is 8.37. The first-order valence-electron chi connectivity index (χ1n) is 11.0. The molecule has 0 spiro atoms. The van der Waals surface area contributed by atoms with E-state index in [0.717, 1.165) is 36.8 Å². The molecule has 2 saturated heterocycles. The highest BCUT2D eigenvalue weighted by molar-refractivity contribution is 6.01. The summed E-state index contributed by atoms with van der Waals surface area (Å²) in [6.45, 7) is 4.43. The molecule has 3 aliphatic heterocycles. The second kappa shape index (κ2) is 8.70. The zero-order chi connectivity index (χ0) is 22.1. The summed E-state index contributed by atoms with van der Waals surface area (Å²) in [5, 5.41) is 0. The summed E-state index contributed by atoms with van der Waals surface area (Å²) in [4.78, 5) is 31.7. The molecular formula is C24H27N3O5. The Hall–Kier alpha value is -3.26. The summed E-state index contributed by atoms with van der Waals surface area (Å²) in [5.74, 6) is 1.95. The van der Waals surface area contributed by atoms with Crippen LogP contribution < -0.4 is 19.1 Å². The van der Waals surface area contributed by atoms with Crippen LogP contribution in [0.4, 0.5) is 5.69 Å². The van der Waals surface area contributed by atoms with E-state index in [-0.39, 0.29) is 30.9 Å². The quantitative estimate of drug-likeness (QED) is 0.714. The van der Waals surface area contributed by atoms with Crippen LogP contribution in [0.25, 0.3) is 0 Å². The fourth-order valence-corrected chi connectivity index (χ4v) is 4.64. The molecule has 0 aromatic heterocycles. The molecule has 8 heteroatoms. The Bertz CT molecular complexity index is 1020. The SMILES string of the molecule is COc1ccccc1N1C[C@@H](C(=O)N2CCN(Cc3ccc4c(c3)OCO4)CC2)CC1=O. The van der Waals surface area contributed by atoms with Crippen LogP contribution in [-0.4, -0.2) is 68.2 Å². The van der Waals surface area contributed by atoms with E-state index < -0.39 is 0 Å². The van der Waals surface area contributed by atoms with Gasteiger partial charge in [0.2, 0.25) is 18.6 Å². The van der Waals surface area contributed by atoms with E-state index in [0.29, 0.717) is 25.4 Å². The summed E-state index contributed by atoms with van der Waals surface area (Å²) in [6.07, 6.45) is 0.244. The molecule has 2 aromatic rings. The van der Waals surface area contributed by atoms with Gasteiger partial charge in [0.25, 0.3) is 0 Å². The van der Waals surface area contributed by atoms with Crippen molar-refractivity contribution < 1.29 is 23.8 Å². The van der Waals surface area contributed by atoms with Gasteiger partial charge in [-0.15, -0.1) is 0 Å². The van der Waals surface area contributed by atoms with Gasteiger partial charge in [0.15, 0.2) is 11.5 Å². The minimum Gasteiger partial charge on any atom is -0.495 e. The Labute approximate surface area is 187 Å². The van der Waals surface area contributed by atoms with Crippen molar-refractivity contribution in [1.82, 2.24) is 9.80 Å². The Morgan fingerprint density at radius 1 is 1.06 bits per heavy atom. The summed E-state index contributed by atoms with van der Waals surface area (Å²) < 4.78 is 16.2. The first-order valence-corrected chi connectivity index (χ1v) is 11.0. The van der Waals surface area contributed by atoms with Gasteiger partial charge in [-0.3, -0.25) is 14.5 Å². The largest absolute Gasteiger partial charge is 0.495 e. The molecular weight excluding hydrogens is 410 g/mol. The molecule has 0 aliphatic carbocycles. The monoisotopic (exact) mass is 437 g/mol. The van der Waals surface area contributed by atoms with Crippen molar-refractivity contribution in [3.63, 3.8) is 0 Å². The summed E-state index contributed by atoms with van der Waals surface area (Å²) >= 11 is 0. The van der Waals surface area contributed by atoms with Gasteiger partial charge in [-0.25, -0.2) is 0 Å². The standard InChI is InChI=1S/C24H27N3O5/c1-30-20-5-3-2-4-19(20)27-15-18(13-23(27)28)24(29)26-10-8-25(9-11-26)14-17-6-7-21-22(12-17)32-16-31-21/h2-7,12,18H,8-11,13-16H2,1H3/t18-/m0/s1. The predicted octanol–water partition coefficient (Wildman–Crippen LogP) is 2.12. The number of hydrogen-bond donors (Lipinski definition) is 0. The Kier molecular flexibility index (Phi) is 5.61. The number of carbonyl (C=O) groups excluding carboxylic acids is 2. The number of anilines is 1. The maximum Gasteiger partial charge on any atom is 0.231 e. The Balaban J connectivity index is 1.16. The molecule has 2 aromatic carbocycles. The molecule has 8 nitrogen and oxygen atoms in total. The van der Waals surface area contributed by atoms with Crippen molar-refractivity contribution in [2.45, 2.75) is 13.0 Å². The van der Waals surface area contributed by atoms with Gasteiger partial charge in [0.05, 0.1) is 18.7 Å². The highest BCUT2D eigenvalue weighted by Gasteiger charge is 2.38. The van der Waals surface area contributed by atoms with Crippen LogP contribution in [0.15, 0.2) is 42.5 Å². The normalized spacial score (nSPS) is 20.7. The third-order valence-corrected chi connectivity index (χ3v) is 6.38. The number of amides is 2. The summed E-state index contributed by atoms with van der Waals surface area (Å²) in [7, 11) is 1.59. The van der Waals surface area contributed by atoms with Crippen molar-refractivity contribution in [3.8, 4) is 17.2 Å². The molecule has 0 unspecified atom stereocenters. The lowest BCUT2D eigenvalue weighted by molar-refractivity contribution is -0.137. The topological polar surface area (TPSA) is 71.6 Å². The average molecular weight is 437 g/mol. The number of para-hydroxylation sites is 2. The van der Waals surface area contributed by atoms with E-state index in [4.69, 9.17) is 14.2 Å². The molecule has 0 N–H and O–H groups in total. The Morgan fingerprint density at radius 2 is 1.84 bits per heavy atom. The van der Waals surface area contributed by atoms with Crippen molar-refractivity contribution in [2.75, 3.05) is 51.5 Å². The van der Waals surface area contributed by atoms with E-state index in [1.165, 1.54) is 5.56 Å². The predicted molar refractivity (Wildman–Crippen MR) is 118 cm³/mol. The van der Waals surface area contributed by atoms with Crippen molar-refractivity contribution in [1.29, 1.82) is 0 Å². The third kappa shape index (κ3) is 3.98.